The first kappa shape index (κ1) is 13.7. The Bertz CT molecular complexity index is 766. The number of halogens is 2. The second-order valence-corrected chi connectivity index (χ2v) is 5.44. The van der Waals surface area contributed by atoms with Crippen LogP contribution >= 0.6 is 15.9 Å². The Morgan fingerprint density at radius 3 is 2.76 bits per heavy atom. The topological polar surface area (TPSA) is 69.6 Å². The van der Waals surface area contributed by atoms with Gasteiger partial charge in [0.2, 0.25) is 0 Å². The van der Waals surface area contributed by atoms with Crippen molar-refractivity contribution in [2.24, 2.45) is 0 Å². The van der Waals surface area contributed by atoms with E-state index >= 15 is 0 Å². The van der Waals surface area contributed by atoms with E-state index in [1.54, 1.807) is 35.0 Å². The molecule has 0 radical (unpaired) electrons. The van der Waals surface area contributed by atoms with E-state index in [9.17, 15) is 4.39 Å². The van der Waals surface area contributed by atoms with Gasteiger partial charge in [-0.15, -0.1) is 5.10 Å². The van der Waals surface area contributed by atoms with E-state index < -0.39 is 0 Å². The van der Waals surface area contributed by atoms with Gasteiger partial charge in [-0.3, -0.25) is 0 Å². The molecule has 0 bridgehead atoms. The molecule has 2 aromatic carbocycles. The summed E-state index contributed by atoms with van der Waals surface area (Å²) in [5.74, 6) is 0.249. The lowest BCUT2D eigenvalue weighted by Crippen LogP contribution is -2.06. The lowest BCUT2D eigenvalue weighted by molar-refractivity contribution is 0.579. The third kappa shape index (κ3) is 2.92. The standard InChI is InChI=1S/C14H11BrFN5/c15-11-5-10(6-12(17)7-11)14-18-19-20-21(14)8-9-3-1-2-4-13(9)16/h1-7H,8,17H2. The fraction of sp³-hybridized carbons (Fsp3) is 0.0714. The molecule has 3 rings (SSSR count). The highest BCUT2D eigenvalue weighted by Gasteiger charge is 2.12. The zero-order valence-corrected chi connectivity index (χ0v) is 12.5. The van der Waals surface area contributed by atoms with Crippen molar-refractivity contribution in [3.05, 3.63) is 58.3 Å². The van der Waals surface area contributed by atoms with Crippen LogP contribution in [0, 0.1) is 5.82 Å². The summed E-state index contributed by atoms with van der Waals surface area (Å²) in [6, 6.07) is 12.0. The van der Waals surface area contributed by atoms with Gasteiger partial charge < -0.3 is 5.73 Å². The summed E-state index contributed by atoms with van der Waals surface area (Å²) >= 11 is 3.38. The smallest absolute Gasteiger partial charge is 0.182 e. The number of anilines is 1. The number of nitrogens with two attached hydrogens (primary N) is 1. The van der Waals surface area contributed by atoms with Crippen LogP contribution in [-0.4, -0.2) is 20.2 Å². The van der Waals surface area contributed by atoms with Gasteiger partial charge in [0.05, 0.1) is 6.54 Å². The molecule has 0 fully saturated rings. The van der Waals surface area contributed by atoms with Crippen molar-refractivity contribution < 1.29 is 4.39 Å². The van der Waals surface area contributed by atoms with Gasteiger partial charge in [-0.25, -0.2) is 9.07 Å². The second kappa shape index (κ2) is 5.61. The number of rotatable bonds is 3. The summed E-state index contributed by atoms with van der Waals surface area (Å²) in [6.45, 7) is 0.251. The van der Waals surface area contributed by atoms with E-state index in [0.717, 1.165) is 10.0 Å². The highest BCUT2D eigenvalue weighted by molar-refractivity contribution is 9.10. The quantitative estimate of drug-likeness (QED) is 0.739. The molecule has 21 heavy (non-hydrogen) atoms. The molecule has 0 aliphatic heterocycles. The monoisotopic (exact) mass is 347 g/mol. The Balaban J connectivity index is 1.99. The highest BCUT2D eigenvalue weighted by Crippen LogP contribution is 2.24. The number of nitrogen functional groups attached to an aromatic ring is 1. The maximum atomic E-state index is 13.7. The van der Waals surface area contributed by atoms with Gasteiger partial charge >= 0.3 is 0 Å². The summed E-state index contributed by atoms with van der Waals surface area (Å²) in [7, 11) is 0. The molecule has 0 atom stereocenters. The molecule has 0 amide bonds. The Labute approximate surface area is 128 Å². The predicted octanol–water partition coefficient (Wildman–Crippen LogP) is 2.87. The number of tetrazole rings is 1. The average molecular weight is 348 g/mol. The van der Waals surface area contributed by atoms with Gasteiger partial charge in [0, 0.05) is 21.3 Å². The van der Waals surface area contributed by atoms with Gasteiger partial charge in [-0.1, -0.05) is 34.1 Å². The molecule has 7 heteroatoms. The fourth-order valence-electron chi connectivity index (χ4n) is 2.05. The number of hydrogen-bond donors (Lipinski definition) is 1. The summed E-state index contributed by atoms with van der Waals surface area (Å²) in [4.78, 5) is 0. The zero-order valence-electron chi connectivity index (χ0n) is 10.9. The van der Waals surface area contributed by atoms with Crippen LogP contribution in [0.25, 0.3) is 11.4 Å². The van der Waals surface area contributed by atoms with Crippen molar-refractivity contribution in [2.75, 3.05) is 5.73 Å². The minimum atomic E-state index is -0.285. The number of benzene rings is 2. The van der Waals surface area contributed by atoms with E-state index in [2.05, 4.69) is 31.5 Å². The normalized spacial score (nSPS) is 10.8. The van der Waals surface area contributed by atoms with Crippen LogP contribution in [0.3, 0.4) is 0 Å². The Kier molecular flexibility index (Phi) is 3.66. The molecule has 0 saturated heterocycles. The van der Waals surface area contributed by atoms with Crippen molar-refractivity contribution in [3.63, 3.8) is 0 Å². The van der Waals surface area contributed by atoms with Crippen LogP contribution in [0.4, 0.5) is 10.1 Å². The Hall–Kier alpha value is -2.28. The van der Waals surface area contributed by atoms with Crippen LogP contribution in [0.2, 0.25) is 0 Å². The summed E-state index contributed by atoms with van der Waals surface area (Å²) in [5.41, 5.74) is 7.71. The molecule has 106 valence electrons. The Morgan fingerprint density at radius 1 is 1.19 bits per heavy atom. The van der Waals surface area contributed by atoms with Crippen molar-refractivity contribution in [1.82, 2.24) is 20.2 Å². The van der Waals surface area contributed by atoms with E-state index in [1.807, 2.05) is 6.07 Å². The van der Waals surface area contributed by atoms with Crippen molar-refractivity contribution in [2.45, 2.75) is 6.54 Å². The number of aromatic nitrogens is 4. The minimum absolute atomic E-state index is 0.251. The molecular weight excluding hydrogens is 337 g/mol. The minimum Gasteiger partial charge on any atom is -0.399 e. The maximum Gasteiger partial charge on any atom is 0.182 e. The van der Waals surface area contributed by atoms with Crippen LogP contribution in [-0.2, 0) is 6.54 Å². The molecule has 0 unspecified atom stereocenters. The first-order valence-electron chi connectivity index (χ1n) is 6.19. The number of nitrogens with zero attached hydrogens (tertiary/aromatic N) is 4. The van der Waals surface area contributed by atoms with Crippen LogP contribution < -0.4 is 5.73 Å². The van der Waals surface area contributed by atoms with Gasteiger partial charge in [-0.05, 0) is 34.7 Å². The average Bonchev–Trinajstić information content (AvgIpc) is 2.88. The van der Waals surface area contributed by atoms with Crippen LogP contribution in [0.1, 0.15) is 5.56 Å². The van der Waals surface area contributed by atoms with Gasteiger partial charge in [0.1, 0.15) is 5.82 Å². The molecular formula is C14H11BrFN5. The molecule has 5 nitrogen and oxygen atoms in total. The lowest BCUT2D eigenvalue weighted by atomic mass is 10.1. The van der Waals surface area contributed by atoms with E-state index in [4.69, 9.17) is 5.73 Å². The SMILES string of the molecule is Nc1cc(Br)cc(-c2nnnn2Cc2ccccc2F)c1. The molecule has 2 N–H and O–H groups in total. The molecule has 0 spiro atoms. The van der Waals surface area contributed by atoms with Gasteiger partial charge in [0.25, 0.3) is 0 Å². The summed E-state index contributed by atoms with van der Waals surface area (Å²) < 4.78 is 16.1. The third-order valence-electron chi connectivity index (χ3n) is 2.99. The number of hydrogen-bond acceptors (Lipinski definition) is 4. The zero-order chi connectivity index (χ0) is 14.8. The predicted molar refractivity (Wildman–Crippen MR) is 80.9 cm³/mol. The molecule has 0 aliphatic carbocycles. The third-order valence-corrected chi connectivity index (χ3v) is 3.45. The molecule has 1 heterocycles. The van der Waals surface area contributed by atoms with E-state index in [0.29, 0.717) is 17.1 Å². The fourth-order valence-corrected chi connectivity index (χ4v) is 2.56. The molecule has 0 aliphatic rings. The van der Waals surface area contributed by atoms with Gasteiger partial charge in [-0.2, -0.15) is 0 Å². The second-order valence-electron chi connectivity index (χ2n) is 4.52. The first-order chi connectivity index (χ1) is 10.1. The first-order valence-corrected chi connectivity index (χ1v) is 6.99. The van der Waals surface area contributed by atoms with Gasteiger partial charge in [0.15, 0.2) is 5.82 Å². The summed E-state index contributed by atoms with van der Waals surface area (Å²) in [6.07, 6.45) is 0. The summed E-state index contributed by atoms with van der Waals surface area (Å²) in [5, 5.41) is 11.6. The van der Waals surface area contributed by atoms with Crippen molar-refractivity contribution in [3.8, 4) is 11.4 Å². The van der Waals surface area contributed by atoms with Crippen molar-refractivity contribution >= 4 is 21.6 Å². The van der Waals surface area contributed by atoms with Crippen molar-refractivity contribution in [1.29, 1.82) is 0 Å². The van der Waals surface area contributed by atoms with Crippen LogP contribution in [0.15, 0.2) is 46.9 Å². The molecule has 1 aromatic heterocycles. The molecule has 0 saturated carbocycles. The lowest BCUT2D eigenvalue weighted by Gasteiger charge is -2.07. The highest BCUT2D eigenvalue weighted by atomic mass is 79.9. The van der Waals surface area contributed by atoms with E-state index in [-0.39, 0.29) is 12.4 Å². The molecule has 3 aromatic rings. The van der Waals surface area contributed by atoms with E-state index in [1.165, 1.54) is 6.07 Å². The van der Waals surface area contributed by atoms with Crippen LogP contribution in [0.5, 0.6) is 0 Å². The Morgan fingerprint density at radius 2 is 2.00 bits per heavy atom. The largest absolute Gasteiger partial charge is 0.399 e. The maximum absolute atomic E-state index is 13.7.